The van der Waals surface area contributed by atoms with Gasteiger partial charge in [0.2, 0.25) is 11.8 Å². The van der Waals surface area contributed by atoms with Gasteiger partial charge in [0.05, 0.1) is 17.6 Å². The Morgan fingerprint density at radius 2 is 1.54 bits per heavy atom. The van der Waals surface area contributed by atoms with Crippen molar-refractivity contribution in [1.29, 1.82) is 0 Å². The first-order valence-corrected chi connectivity index (χ1v) is 9.37. The molecule has 7 nitrogen and oxygen atoms in total. The van der Waals surface area contributed by atoms with Gasteiger partial charge >= 0.3 is 5.69 Å². The molecule has 146 valence electrons. The number of benzene rings is 2. The molecule has 0 atom stereocenters. The molecule has 0 radical (unpaired) electrons. The predicted octanol–water partition coefficient (Wildman–Crippen LogP) is 2.14. The summed E-state index contributed by atoms with van der Waals surface area (Å²) in [5, 5.41) is 5.40. The predicted molar refractivity (Wildman–Crippen MR) is 109 cm³/mol. The van der Waals surface area contributed by atoms with Crippen LogP contribution in [0.15, 0.2) is 53.3 Å². The topological polar surface area (TPSA) is 85.1 Å². The van der Waals surface area contributed by atoms with Crippen LogP contribution in [0.2, 0.25) is 0 Å². The number of aryl methyl sites for hydroxylation is 2. The number of fused-ring (bicyclic) bond motifs is 1. The molecule has 2 aromatic carbocycles. The summed E-state index contributed by atoms with van der Waals surface area (Å²) in [6.45, 7) is 4.13. The van der Waals surface area contributed by atoms with Gasteiger partial charge in [0.25, 0.3) is 0 Å². The maximum Gasteiger partial charge on any atom is 0.329 e. The molecule has 0 aliphatic rings. The molecule has 2 amide bonds. The van der Waals surface area contributed by atoms with E-state index in [1.807, 2.05) is 62.4 Å². The average Bonchev–Trinajstić information content (AvgIpc) is 2.98. The molecule has 7 heteroatoms. The normalized spacial score (nSPS) is 10.8. The van der Waals surface area contributed by atoms with E-state index in [1.165, 1.54) is 4.57 Å². The van der Waals surface area contributed by atoms with Gasteiger partial charge in [-0.15, -0.1) is 0 Å². The lowest BCUT2D eigenvalue weighted by Gasteiger charge is -2.10. The third kappa shape index (κ3) is 3.98. The van der Waals surface area contributed by atoms with Gasteiger partial charge in [0.1, 0.15) is 6.54 Å². The molecule has 0 aliphatic heterocycles. The quantitative estimate of drug-likeness (QED) is 0.659. The molecular weight excluding hydrogens is 356 g/mol. The smallest absolute Gasteiger partial charge is 0.329 e. The second-order valence-corrected chi connectivity index (χ2v) is 6.44. The molecule has 0 saturated carbocycles. The lowest BCUT2D eigenvalue weighted by molar-refractivity contribution is -0.124. The van der Waals surface area contributed by atoms with Gasteiger partial charge < -0.3 is 10.6 Å². The number of para-hydroxylation sites is 3. The van der Waals surface area contributed by atoms with Crippen molar-refractivity contribution in [2.24, 2.45) is 0 Å². The Balaban J connectivity index is 1.65. The fraction of sp³-hybridized carbons (Fsp3) is 0.286. The molecule has 1 heterocycles. The zero-order valence-corrected chi connectivity index (χ0v) is 16.1. The standard InChI is InChI=1S/C21H24N4O3/c1-3-15-9-5-6-10-16(15)23-19(26)13-22-20(27)14-25-18-12-8-7-11-17(18)24(4-2)21(25)28/h5-12H,3-4,13-14H2,1-2H3,(H,22,27)(H,23,26). The van der Waals surface area contributed by atoms with Crippen LogP contribution in [0, 0.1) is 0 Å². The minimum Gasteiger partial charge on any atom is -0.345 e. The molecule has 0 unspecified atom stereocenters. The molecule has 0 fully saturated rings. The maximum absolute atomic E-state index is 12.6. The van der Waals surface area contributed by atoms with Gasteiger partial charge in [-0.3, -0.25) is 18.7 Å². The Morgan fingerprint density at radius 1 is 0.893 bits per heavy atom. The van der Waals surface area contributed by atoms with Crippen molar-refractivity contribution in [3.05, 3.63) is 64.6 Å². The summed E-state index contributed by atoms with van der Waals surface area (Å²) >= 11 is 0. The highest BCUT2D eigenvalue weighted by molar-refractivity contribution is 5.95. The van der Waals surface area contributed by atoms with E-state index in [1.54, 1.807) is 4.57 Å². The van der Waals surface area contributed by atoms with E-state index in [0.29, 0.717) is 12.1 Å². The van der Waals surface area contributed by atoms with Crippen molar-refractivity contribution >= 4 is 28.5 Å². The summed E-state index contributed by atoms with van der Waals surface area (Å²) in [7, 11) is 0. The molecule has 1 aromatic heterocycles. The zero-order valence-electron chi connectivity index (χ0n) is 16.1. The summed E-state index contributed by atoms with van der Waals surface area (Å²) in [5.41, 5.74) is 3.02. The van der Waals surface area contributed by atoms with Crippen LogP contribution in [-0.2, 0) is 29.1 Å². The monoisotopic (exact) mass is 380 g/mol. The van der Waals surface area contributed by atoms with Gasteiger partial charge in [-0.1, -0.05) is 37.3 Å². The van der Waals surface area contributed by atoms with Crippen molar-refractivity contribution in [3.8, 4) is 0 Å². The number of imidazole rings is 1. The Labute approximate surface area is 163 Å². The van der Waals surface area contributed by atoms with Crippen LogP contribution < -0.4 is 16.3 Å². The highest BCUT2D eigenvalue weighted by Gasteiger charge is 2.15. The Kier molecular flexibility index (Phi) is 5.93. The molecule has 0 spiro atoms. The second-order valence-electron chi connectivity index (χ2n) is 6.44. The number of nitrogens with one attached hydrogen (secondary N) is 2. The first-order valence-electron chi connectivity index (χ1n) is 9.37. The van der Waals surface area contributed by atoms with Crippen LogP contribution in [0.25, 0.3) is 11.0 Å². The second kappa shape index (κ2) is 8.56. The van der Waals surface area contributed by atoms with Crippen LogP contribution in [0.1, 0.15) is 19.4 Å². The van der Waals surface area contributed by atoms with Crippen LogP contribution >= 0.6 is 0 Å². The van der Waals surface area contributed by atoms with E-state index in [2.05, 4.69) is 10.6 Å². The number of hydrogen-bond acceptors (Lipinski definition) is 3. The summed E-state index contributed by atoms with van der Waals surface area (Å²) in [5.74, 6) is -0.697. The maximum atomic E-state index is 12.6. The lowest BCUT2D eigenvalue weighted by atomic mass is 10.1. The van der Waals surface area contributed by atoms with Crippen molar-refractivity contribution in [2.75, 3.05) is 11.9 Å². The SMILES string of the molecule is CCc1ccccc1NC(=O)CNC(=O)Cn1c(=O)n(CC)c2ccccc21. The molecule has 0 saturated heterocycles. The van der Waals surface area contributed by atoms with E-state index in [-0.39, 0.29) is 30.6 Å². The molecule has 28 heavy (non-hydrogen) atoms. The molecule has 3 aromatic rings. The number of amides is 2. The number of carbonyl (C=O) groups is 2. The van der Waals surface area contributed by atoms with Crippen LogP contribution in [-0.4, -0.2) is 27.5 Å². The zero-order chi connectivity index (χ0) is 20.1. The number of aromatic nitrogens is 2. The van der Waals surface area contributed by atoms with Gasteiger partial charge in [0, 0.05) is 12.2 Å². The number of hydrogen-bond donors (Lipinski definition) is 2. The Hall–Kier alpha value is -3.35. The minimum absolute atomic E-state index is 0.134. The first kappa shape index (κ1) is 19.4. The fourth-order valence-corrected chi connectivity index (χ4v) is 3.25. The summed E-state index contributed by atoms with van der Waals surface area (Å²) in [4.78, 5) is 37.1. The van der Waals surface area contributed by atoms with Gasteiger partial charge in [-0.2, -0.15) is 0 Å². The highest BCUT2D eigenvalue weighted by atomic mass is 16.2. The number of nitrogens with zero attached hydrogens (tertiary/aromatic N) is 2. The van der Waals surface area contributed by atoms with Gasteiger partial charge in [-0.25, -0.2) is 4.79 Å². The summed E-state index contributed by atoms with van der Waals surface area (Å²) in [6, 6.07) is 14.9. The molecule has 3 rings (SSSR count). The van der Waals surface area contributed by atoms with Crippen molar-refractivity contribution in [1.82, 2.24) is 14.5 Å². The van der Waals surface area contributed by atoms with Crippen molar-refractivity contribution in [3.63, 3.8) is 0 Å². The van der Waals surface area contributed by atoms with E-state index in [9.17, 15) is 14.4 Å². The molecule has 0 aliphatic carbocycles. The number of anilines is 1. The van der Waals surface area contributed by atoms with Crippen molar-refractivity contribution in [2.45, 2.75) is 33.4 Å². The summed E-state index contributed by atoms with van der Waals surface area (Å²) < 4.78 is 3.05. The van der Waals surface area contributed by atoms with Crippen LogP contribution in [0.4, 0.5) is 5.69 Å². The van der Waals surface area contributed by atoms with Crippen molar-refractivity contribution < 1.29 is 9.59 Å². The summed E-state index contributed by atoms with van der Waals surface area (Å²) in [6.07, 6.45) is 0.799. The largest absolute Gasteiger partial charge is 0.345 e. The van der Waals surface area contributed by atoms with Gasteiger partial charge in [0.15, 0.2) is 0 Å². The molecule has 2 N–H and O–H groups in total. The van der Waals surface area contributed by atoms with E-state index >= 15 is 0 Å². The Morgan fingerprint density at radius 3 is 2.21 bits per heavy atom. The highest BCUT2D eigenvalue weighted by Crippen LogP contribution is 2.15. The molecular formula is C21H24N4O3. The van der Waals surface area contributed by atoms with E-state index in [4.69, 9.17) is 0 Å². The third-order valence-electron chi connectivity index (χ3n) is 4.66. The Bertz CT molecular complexity index is 1060. The van der Waals surface area contributed by atoms with E-state index in [0.717, 1.165) is 23.2 Å². The molecule has 0 bridgehead atoms. The van der Waals surface area contributed by atoms with E-state index < -0.39 is 0 Å². The third-order valence-corrected chi connectivity index (χ3v) is 4.66. The lowest BCUT2D eigenvalue weighted by Crippen LogP contribution is -2.37. The van der Waals surface area contributed by atoms with Gasteiger partial charge in [-0.05, 0) is 37.1 Å². The average molecular weight is 380 g/mol. The number of carbonyl (C=O) groups excluding carboxylic acids is 2. The first-order chi connectivity index (χ1) is 13.5. The minimum atomic E-state index is -0.389. The van der Waals surface area contributed by atoms with Crippen LogP contribution in [0.3, 0.4) is 0 Å². The fourth-order valence-electron chi connectivity index (χ4n) is 3.25. The van der Waals surface area contributed by atoms with Crippen LogP contribution in [0.5, 0.6) is 0 Å². The number of rotatable bonds is 7.